The maximum atomic E-state index is 5.72. The van der Waals surface area contributed by atoms with Crippen molar-refractivity contribution < 1.29 is 4.74 Å². The average molecular weight is 312 g/mol. The third-order valence-corrected chi connectivity index (χ3v) is 3.70. The van der Waals surface area contributed by atoms with Crippen molar-refractivity contribution in [2.45, 2.75) is 40.2 Å². The number of aryl methyl sites for hydroxylation is 2. The van der Waals surface area contributed by atoms with E-state index in [1.807, 2.05) is 32.0 Å². The van der Waals surface area contributed by atoms with Crippen LogP contribution in [0.1, 0.15) is 31.9 Å². The molecule has 0 heterocycles. The molecule has 3 nitrogen and oxygen atoms in total. The van der Waals surface area contributed by atoms with Gasteiger partial charge in [-0.05, 0) is 50.5 Å². The van der Waals surface area contributed by atoms with Gasteiger partial charge < -0.3 is 15.4 Å². The van der Waals surface area contributed by atoms with Crippen LogP contribution in [-0.4, -0.2) is 19.2 Å². The quantitative estimate of drug-likeness (QED) is 0.682. The van der Waals surface area contributed by atoms with Crippen molar-refractivity contribution in [3.63, 3.8) is 0 Å². The van der Waals surface area contributed by atoms with Gasteiger partial charge in [0.15, 0.2) is 0 Å². The lowest BCUT2D eigenvalue weighted by molar-refractivity contribution is 0.242. The molecule has 0 atom stereocenters. The Morgan fingerprint density at radius 1 is 1.00 bits per heavy atom. The summed E-state index contributed by atoms with van der Waals surface area (Å²) in [4.78, 5) is 0. The second kappa shape index (κ2) is 8.47. The molecule has 0 unspecified atom stereocenters. The summed E-state index contributed by atoms with van der Waals surface area (Å²) in [6.45, 7) is 10.2. The Labute approximate surface area is 140 Å². The molecule has 3 heteroatoms. The van der Waals surface area contributed by atoms with Gasteiger partial charge in [0.05, 0.1) is 6.10 Å². The largest absolute Gasteiger partial charge is 0.491 e. The monoisotopic (exact) mass is 312 g/mol. The van der Waals surface area contributed by atoms with Crippen molar-refractivity contribution in [2.75, 3.05) is 23.7 Å². The zero-order valence-corrected chi connectivity index (χ0v) is 14.6. The Bertz CT molecular complexity index is 623. The molecule has 0 aliphatic carbocycles. The number of nitrogens with one attached hydrogen (secondary N) is 2. The Morgan fingerprint density at radius 3 is 2.48 bits per heavy atom. The van der Waals surface area contributed by atoms with E-state index >= 15 is 0 Å². The van der Waals surface area contributed by atoms with E-state index < -0.39 is 0 Å². The third kappa shape index (κ3) is 5.20. The van der Waals surface area contributed by atoms with Crippen LogP contribution in [0.25, 0.3) is 0 Å². The molecule has 0 saturated carbocycles. The van der Waals surface area contributed by atoms with Crippen molar-refractivity contribution in [1.82, 2.24) is 0 Å². The molecule has 0 fully saturated rings. The summed E-state index contributed by atoms with van der Waals surface area (Å²) in [7, 11) is 0. The first-order chi connectivity index (χ1) is 11.1. The maximum absolute atomic E-state index is 5.72. The van der Waals surface area contributed by atoms with Gasteiger partial charge in [0.2, 0.25) is 0 Å². The summed E-state index contributed by atoms with van der Waals surface area (Å²) in [6, 6.07) is 14.6. The molecule has 2 aromatic carbocycles. The lowest BCUT2D eigenvalue weighted by atomic mass is 10.1. The molecule has 2 rings (SSSR count). The molecular weight excluding hydrogens is 284 g/mol. The normalized spacial score (nSPS) is 10.7. The lowest BCUT2D eigenvalue weighted by Gasteiger charge is -2.15. The summed E-state index contributed by atoms with van der Waals surface area (Å²) < 4.78 is 5.72. The van der Waals surface area contributed by atoms with Gasteiger partial charge in [0.25, 0.3) is 0 Å². The van der Waals surface area contributed by atoms with Crippen LogP contribution in [0, 0.1) is 6.92 Å². The zero-order chi connectivity index (χ0) is 16.7. The van der Waals surface area contributed by atoms with Gasteiger partial charge >= 0.3 is 0 Å². The number of ether oxygens (including phenoxy) is 1. The molecule has 0 aliphatic rings. The molecule has 0 saturated heterocycles. The number of benzene rings is 2. The van der Waals surface area contributed by atoms with E-state index in [9.17, 15) is 0 Å². The minimum atomic E-state index is 0.195. The van der Waals surface area contributed by atoms with Crippen LogP contribution in [0.4, 0.5) is 11.4 Å². The van der Waals surface area contributed by atoms with Crippen LogP contribution in [0.15, 0.2) is 42.5 Å². The summed E-state index contributed by atoms with van der Waals surface area (Å²) in [6.07, 6.45) is 1.24. The van der Waals surface area contributed by atoms with Crippen LogP contribution in [0.2, 0.25) is 0 Å². The first-order valence-electron chi connectivity index (χ1n) is 8.43. The van der Waals surface area contributed by atoms with Gasteiger partial charge in [-0.1, -0.05) is 31.2 Å². The molecule has 0 radical (unpaired) electrons. The average Bonchev–Trinajstić information content (AvgIpc) is 2.52. The molecule has 0 amide bonds. The second-order valence-corrected chi connectivity index (χ2v) is 6.01. The summed E-state index contributed by atoms with van der Waals surface area (Å²) >= 11 is 0. The van der Waals surface area contributed by atoms with Gasteiger partial charge in [-0.3, -0.25) is 0 Å². The van der Waals surface area contributed by atoms with E-state index in [0.717, 1.165) is 30.9 Å². The molecule has 0 aromatic heterocycles. The molecule has 0 aliphatic heterocycles. The molecule has 2 aromatic rings. The van der Waals surface area contributed by atoms with Gasteiger partial charge in [0, 0.05) is 30.5 Å². The predicted octanol–water partition coefficient (Wildman–Crippen LogP) is 4.87. The van der Waals surface area contributed by atoms with Crippen molar-refractivity contribution in [3.05, 3.63) is 53.6 Å². The van der Waals surface area contributed by atoms with Gasteiger partial charge in [-0.2, -0.15) is 0 Å². The topological polar surface area (TPSA) is 33.3 Å². The SMILES string of the molecule is CCc1cccc(C)c1NCCNc1cccc(OC(C)C)c1. The van der Waals surface area contributed by atoms with Crippen molar-refractivity contribution >= 4 is 11.4 Å². The highest BCUT2D eigenvalue weighted by atomic mass is 16.5. The zero-order valence-electron chi connectivity index (χ0n) is 14.6. The Hall–Kier alpha value is -2.16. The molecular formula is C20H28N2O. The number of rotatable bonds is 8. The minimum Gasteiger partial charge on any atom is -0.491 e. The molecule has 2 N–H and O–H groups in total. The van der Waals surface area contributed by atoms with E-state index in [4.69, 9.17) is 4.74 Å². The first-order valence-corrected chi connectivity index (χ1v) is 8.43. The van der Waals surface area contributed by atoms with Gasteiger partial charge in [-0.25, -0.2) is 0 Å². The Balaban J connectivity index is 1.86. The highest BCUT2D eigenvalue weighted by Crippen LogP contribution is 2.21. The van der Waals surface area contributed by atoms with Crippen LogP contribution < -0.4 is 15.4 Å². The fourth-order valence-electron chi connectivity index (χ4n) is 2.62. The van der Waals surface area contributed by atoms with Crippen LogP contribution in [0.5, 0.6) is 5.75 Å². The third-order valence-electron chi connectivity index (χ3n) is 3.70. The van der Waals surface area contributed by atoms with Gasteiger partial charge in [0.1, 0.15) is 5.75 Å². The second-order valence-electron chi connectivity index (χ2n) is 6.01. The highest BCUT2D eigenvalue weighted by molar-refractivity contribution is 5.57. The summed E-state index contributed by atoms with van der Waals surface area (Å²) in [5.74, 6) is 0.908. The molecule has 0 spiro atoms. The highest BCUT2D eigenvalue weighted by Gasteiger charge is 2.03. The van der Waals surface area contributed by atoms with Gasteiger partial charge in [-0.15, -0.1) is 0 Å². The van der Waals surface area contributed by atoms with E-state index in [2.05, 4.69) is 48.7 Å². The smallest absolute Gasteiger partial charge is 0.121 e. The lowest BCUT2D eigenvalue weighted by Crippen LogP contribution is -2.15. The van der Waals surface area contributed by atoms with Crippen molar-refractivity contribution in [1.29, 1.82) is 0 Å². The number of para-hydroxylation sites is 1. The first kappa shape index (κ1) is 17.2. The number of hydrogen-bond donors (Lipinski definition) is 2. The number of hydrogen-bond acceptors (Lipinski definition) is 3. The predicted molar refractivity (Wildman–Crippen MR) is 99.7 cm³/mol. The fourth-order valence-corrected chi connectivity index (χ4v) is 2.62. The Morgan fingerprint density at radius 2 is 1.74 bits per heavy atom. The number of anilines is 2. The van der Waals surface area contributed by atoms with E-state index in [1.54, 1.807) is 0 Å². The standard InChI is InChI=1S/C20H28N2O/c1-5-17-9-6-8-16(4)20(17)22-13-12-21-18-10-7-11-19(14-18)23-15(2)3/h6-11,14-15,21-22H,5,12-13H2,1-4H3. The van der Waals surface area contributed by atoms with E-state index in [-0.39, 0.29) is 6.10 Å². The fraction of sp³-hybridized carbons (Fsp3) is 0.400. The van der Waals surface area contributed by atoms with Crippen molar-refractivity contribution in [3.8, 4) is 5.75 Å². The summed E-state index contributed by atoms with van der Waals surface area (Å²) in [5, 5.41) is 7.00. The summed E-state index contributed by atoms with van der Waals surface area (Å²) in [5.41, 5.74) is 5.04. The van der Waals surface area contributed by atoms with Crippen molar-refractivity contribution in [2.24, 2.45) is 0 Å². The Kier molecular flexibility index (Phi) is 6.33. The molecule has 0 bridgehead atoms. The minimum absolute atomic E-state index is 0.195. The molecule has 23 heavy (non-hydrogen) atoms. The van der Waals surface area contributed by atoms with Crippen LogP contribution in [0.3, 0.4) is 0 Å². The van der Waals surface area contributed by atoms with E-state index in [1.165, 1.54) is 16.8 Å². The van der Waals surface area contributed by atoms with Crippen LogP contribution in [-0.2, 0) is 6.42 Å². The van der Waals surface area contributed by atoms with E-state index in [0.29, 0.717) is 0 Å². The molecule has 124 valence electrons. The van der Waals surface area contributed by atoms with Crippen LogP contribution >= 0.6 is 0 Å². The maximum Gasteiger partial charge on any atom is 0.121 e.